The maximum absolute atomic E-state index is 12.8. The Morgan fingerprint density at radius 2 is 1.96 bits per heavy atom. The van der Waals surface area contributed by atoms with Crippen molar-refractivity contribution in [3.63, 3.8) is 0 Å². The van der Waals surface area contributed by atoms with Crippen molar-refractivity contribution in [2.75, 3.05) is 58.4 Å². The van der Waals surface area contributed by atoms with Crippen molar-refractivity contribution in [2.45, 2.75) is 26.3 Å². The van der Waals surface area contributed by atoms with Gasteiger partial charge in [0, 0.05) is 64.2 Å². The summed E-state index contributed by atoms with van der Waals surface area (Å²) in [7, 11) is 3.79. The molecule has 134 valence electrons. The van der Waals surface area contributed by atoms with Gasteiger partial charge >= 0.3 is 0 Å². The van der Waals surface area contributed by atoms with E-state index in [1.54, 1.807) is 7.11 Å². The minimum atomic E-state index is 0.144. The minimum Gasteiger partial charge on any atom is -0.383 e. The number of amides is 1. The van der Waals surface area contributed by atoms with E-state index in [4.69, 9.17) is 4.74 Å². The second-order valence-electron chi connectivity index (χ2n) is 6.40. The normalized spacial score (nSPS) is 18.7. The summed E-state index contributed by atoms with van der Waals surface area (Å²) in [5, 5.41) is 0. The van der Waals surface area contributed by atoms with Crippen molar-refractivity contribution >= 4 is 11.6 Å². The third-order valence-electron chi connectivity index (χ3n) is 4.98. The van der Waals surface area contributed by atoms with Crippen molar-refractivity contribution in [1.82, 2.24) is 9.80 Å². The molecule has 1 unspecified atom stereocenters. The molecule has 2 rings (SSSR count). The Kier molecular flexibility index (Phi) is 7.06. The lowest BCUT2D eigenvalue weighted by atomic mass is 10.1. The molecular weight excluding hydrogens is 302 g/mol. The highest BCUT2D eigenvalue weighted by atomic mass is 16.5. The second kappa shape index (κ2) is 9.04. The highest BCUT2D eigenvalue weighted by Gasteiger charge is 2.28. The van der Waals surface area contributed by atoms with Crippen molar-refractivity contribution in [3.8, 4) is 0 Å². The number of carbonyl (C=O) groups is 1. The number of piperazine rings is 1. The Morgan fingerprint density at radius 1 is 1.25 bits per heavy atom. The molecule has 0 saturated carbocycles. The van der Waals surface area contributed by atoms with Gasteiger partial charge in [0.2, 0.25) is 0 Å². The number of methoxy groups -OCH3 is 1. The first-order chi connectivity index (χ1) is 11.6. The average Bonchev–Trinajstić information content (AvgIpc) is 2.65. The molecule has 1 saturated heterocycles. The molecule has 1 aliphatic rings. The van der Waals surface area contributed by atoms with Crippen LogP contribution in [-0.4, -0.2) is 75.2 Å². The summed E-state index contributed by atoms with van der Waals surface area (Å²) < 4.78 is 5.19. The highest BCUT2D eigenvalue weighted by molar-refractivity contribution is 5.94. The van der Waals surface area contributed by atoms with Gasteiger partial charge in [0.15, 0.2) is 0 Å². The third-order valence-corrected chi connectivity index (χ3v) is 4.98. The van der Waals surface area contributed by atoms with Gasteiger partial charge in [-0.25, -0.2) is 0 Å². The smallest absolute Gasteiger partial charge is 0.253 e. The van der Waals surface area contributed by atoms with Crippen LogP contribution in [0.15, 0.2) is 24.3 Å². The lowest BCUT2D eigenvalue weighted by Gasteiger charge is -2.41. The largest absolute Gasteiger partial charge is 0.383 e. The Morgan fingerprint density at radius 3 is 2.54 bits per heavy atom. The number of carbonyl (C=O) groups excluding carboxylic acids is 1. The van der Waals surface area contributed by atoms with E-state index in [9.17, 15) is 4.79 Å². The van der Waals surface area contributed by atoms with Gasteiger partial charge in [-0.05, 0) is 37.6 Å². The Labute approximate surface area is 146 Å². The molecule has 5 heteroatoms. The van der Waals surface area contributed by atoms with Gasteiger partial charge in [0.1, 0.15) is 0 Å². The van der Waals surface area contributed by atoms with Crippen LogP contribution in [0.1, 0.15) is 30.6 Å². The predicted molar refractivity (Wildman–Crippen MR) is 98.8 cm³/mol. The molecule has 5 nitrogen and oxygen atoms in total. The van der Waals surface area contributed by atoms with E-state index in [2.05, 4.69) is 30.7 Å². The van der Waals surface area contributed by atoms with Crippen LogP contribution in [0, 0.1) is 0 Å². The fourth-order valence-corrected chi connectivity index (χ4v) is 3.19. The lowest BCUT2D eigenvalue weighted by molar-refractivity contribution is 0.0384. The molecule has 1 atom stereocenters. The van der Waals surface area contributed by atoms with Crippen LogP contribution in [-0.2, 0) is 4.74 Å². The molecule has 0 radical (unpaired) electrons. The molecule has 0 N–H and O–H groups in total. The third kappa shape index (κ3) is 4.48. The van der Waals surface area contributed by atoms with Crippen molar-refractivity contribution < 1.29 is 9.53 Å². The van der Waals surface area contributed by atoms with Crippen molar-refractivity contribution in [2.24, 2.45) is 0 Å². The van der Waals surface area contributed by atoms with E-state index in [-0.39, 0.29) is 5.91 Å². The van der Waals surface area contributed by atoms with Crippen LogP contribution in [0.25, 0.3) is 0 Å². The van der Waals surface area contributed by atoms with Crippen molar-refractivity contribution in [1.29, 1.82) is 0 Å². The zero-order valence-electron chi connectivity index (χ0n) is 15.5. The molecule has 0 bridgehead atoms. The first-order valence-corrected chi connectivity index (χ1v) is 8.94. The zero-order valence-corrected chi connectivity index (χ0v) is 15.5. The van der Waals surface area contributed by atoms with E-state index in [0.29, 0.717) is 6.04 Å². The molecule has 1 aliphatic heterocycles. The number of benzene rings is 1. The summed E-state index contributed by atoms with van der Waals surface area (Å²) in [6.45, 7) is 9.46. The summed E-state index contributed by atoms with van der Waals surface area (Å²) in [5.74, 6) is 0.144. The minimum absolute atomic E-state index is 0.144. The second-order valence-corrected chi connectivity index (χ2v) is 6.40. The monoisotopic (exact) mass is 333 g/mol. The van der Waals surface area contributed by atoms with E-state index < -0.39 is 0 Å². The molecule has 0 spiro atoms. The summed E-state index contributed by atoms with van der Waals surface area (Å²) in [6, 6.07) is 8.37. The number of hydrogen-bond acceptors (Lipinski definition) is 4. The number of nitrogens with zero attached hydrogens (tertiary/aromatic N) is 3. The first kappa shape index (κ1) is 18.7. The van der Waals surface area contributed by atoms with Gasteiger partial charge in [-0.1, -0.05) is 6.92 Å². The molecule has 24 heavy (non-hydrogen) atoms. The molecule has 0 aliphatic carbocycles. The number of hydrogen-bond donors (Lipinski definition) is 0. The van der Waals surface area contributed by atoms with Gasteiger partial charge in [-0.3, -0.25) is 9.69 Å². The van der Waals surface area contributed by atoms with E-state index in [0.717, 1.165) is 57.0 Å². The van der Waals surface area contributed by atoms with Gasteiger partial charge in [-0.2, -0.15) is 0 Å². The van der Waals surface area contributed by atoms with Crippen LogP contribution in [0.2, 0.25) is 0 Å². The van der Waals surface area contributed by atoms with E-state index in [1.165, 1.54) is 0 Å². The van der Waals surface area contributed by atoms with E-state index in [1.807, 2.05) is 29.2 Å². The SMILES string of the molecule is CCC1CN(C(=O)c2ccc(N(C)CC)cc2)CCN1CCOC. The summed E-state index contributed by atoms with van der Waals surface area (Å²) in [6.07, 6.45) is 1.05. The van der Waals surface area contributed by atoms with Gasteiger partial charge < -0.3 is 14.5 Å². The fourth-order valence-electron chi connectivity index (χ4n) is 3.19. The first-order valence-electron chi connectivity index (χ1n) is 8.94. The number of ether oxygens (including phenoxy) is 1. The summed E-state index contributed by atoms with van der Waals surface area (Å²) >= 11 is 0. The molecule has 0 aromatic heterocycles. The molecule has 1 aromatic rings. The Hall–Kier alpha value is -1.59. The van der Waals surface area contributed by atoms with Gasteiger partial charge in [0.25, 0.3) is 5.91 Å². The van der Waals surface area contributed by atoms with Gasteiger partial charge in [0.05, 0.1) is 6.61 Å². The van der Waals surface area contributed by atoms with Crippen LogP contribution in [0.5, 0.6) is 0 Å². The van der Waals surface area contributed by atoms with E-state index >= 15 is 0 Å². The Balaban J connectivity index is 2.00. The van der Waals surface area contributed by atoms with Crippen molar-refractivity contribution in [3.05, 3.63) is 29.8 Å². The lowest BCUT2D eigenvalue weighted by Crippen LogP contribution is -2.55. The van der Waals surface area contributed by atoms with Crippen LogP contribution < -0.4 is 4.90 Å². The highest BCUT2D eigenvalue weighted by Crippen LogP contribution is 2.18. The number of rotatable bonds is 7. The zero-order chi connectivity index (χ0) is 17.5. The molecule has 1 fully saturated rings. The average molecular weight is 333 g/mol. The molecular formula is C19H31N3O2. The van der Waals surface area contributed by atoms with Gasteiger partial charge in [-0.15, -0.1) is 0 Å². The van der Waals surface area contributed by atoms with Crippen LogP contribution in [0.3, 0.4) is 0 Å². The molecule has 1 heterocycles. The standard InChI is InChI=1S/C19H31N3O2/c1-5-17-15-22(12-11-21(17)13-14-24-4)19(23)16-7-9-18(10-8-16)20(3)6-2/h7-10,17H,5-6,11-15H2,1-4H3. The maximum atomic E-state index is 12.8. The maximum Gasteiger partial charge on any atom is 0.253 e. The Bertz CT molecular complexity index is 518. The number of anilines is 1. The quantitative estimate of drug-likeness (QED) is 0.767. The topological polar surface area (TPSA) is 36.0 Å². The summed E-state index contributed by atoms with van der Waals surface area (Å²) in [4.78, 5) is 19.4. The van der Waals surface area contributed by atoms with Crippen LogP contribution in [0.4, 0.5) is 5.69 Å². The summed E-state index contributed by atoms with van der Waals surface area (Å²) in [5.41, 5.74) is 1.92. The van der Waals surface area contributed by atoms with Crippen LogP contribution >= 0.6 is 0 Å². The predicted octanol–water partition coefficient (Wildman–Crippen LogP) is 2.33. The fraction of sp³-hybridized carbons (Fsp3) is 0.632. The molecule has 1 amide bonds. The molecule has 1 aromatic carbocycles.